The lowest BCUT2D eigenvalue weighted by Gasteiger charge is -2.40. The zero-order chi connectivity index (χ0) is 22.6. The predicted octanol–water partition coefficient (Wildman–Crippen LogP) is 3.77. The highest BCUT2D eigenvalue weighted by atomic mass is 35.5. The Labute approximate surface area is 195 Å². The molecular formula is C22H23Cl2N5O3. The van der Waals surface area contributed by atoms with Gasteiger partial charge < -0.3 is 24.7 Å². The van der Waals surface area contributed by atoms with E-state index in [-0.39, 0.29) is 18.0 Å². The Morgan fingerprint density at radius 1 is 1.28 bits per heavy atom. The number of ether oxygens (including phenoxy) is 1. The van der Waals surface area contributed by atoms with Crippen molar-refractivity contribution in [3.63, 3.8) is 0 Å². The van der Waals surface area contributed by atoms with Gasteiger partial charge in [-0.2, -0.15) is 4.98 Å². The molecule has 8 nitrogen and oxygen atoms in total. The van der Waals surface area contributed by atoms with Gasteiger partial charge in [-0.3, -0.25) is 9.78 Å². The quantitative estimate of drug-likeness (QED) is 0.601. The summed E-state index contributed by atoms with van der Waals surface area (Å²) in [5.74, 6) is -0.0627. The van der Waals surface area contributed by atoms with E-state index in [0.717, 1.165) is 22.5 Å². The van der Waals surface area contributed by atoms with Crippen molar-refractivity contribution in [3.05, 3.63) is 45.2 Å². The van der Waals surface area contributed by atoms with E-state index in [1.54, 1.807) is 12.3 Å². The van der Waals surface area contributed by atoms with E-state index in [2.05, 4.69) is 9.97 Å². The van der Waals surface area contributed by atoms with Crippen LogP contribution in [0.4, 0.5) is 11.7 Å². The molecule has 0 spiro atoms. The Bertz CT molecular complexity index is 1210. The number of nitrogens with two attached hydrogens (primary N) is 1. The number of anilines is 2. The van der Waals surface area contributed by atoms with Crippen molar-refractivity contribution in [1.82, 2.24) is 14.9 Å². The third-order valence-corrected chi connectivity index (χ3v) is 6.78. The average molecular weight is 476 g/mol. The highest BCUT2D eigenvalue weighted by Gasteiger charge is 2.36. The second-order valence-electron chi connectivity index (χ2n) is 8.18. The molecule has 0 saturated carbocycles. The smallest absolute Gasteiger partial charge is 0.293 e. The summed E-state index contributed by atoms with van der Waals surface area (Å²) >= 11 is 12.6. The van der Waals surface area contributed by atoms with Crippen molar-refractivity contribution < 1.29 is 13.9 Å². The number of carbonyl (C=O) groups excluding carboxylic acids is 1. The number of aryl methyl sites for hydroxylation is 1. The number of halogens is 2. The normalized spacial score (nSPS) is 21.1. The molecule has 1 aromatic carbocycles. The van der Waals surface area contributed by atoms with E-state index in [4.69, 9.17) is 38.1 Å². The Kier molecular flexibility index (Phi) is 5.39. The monoisotopic (exact) mass is 475 g/mol. The molecule has 1 saturated heterocycles. The molecule has 0 radical (unpaired) electrons. The number of fused-ring (bicyclic) bond motifs is 2. The molecule has 168 valence electrons. The van der Waals surface area contributed by atoms with Crippen LogP contribution in [0.3, 0.4) is 0 Å². The largest absolute Gasteiger partial charge is 0.421 e. The molecule has 2 atom stereocenters. The molecule has 0 aliphatic carbocycles. The fraction of sp³-hybridized carbons (Fsp3) is 0.409. The lowest BCUT2D eigenvalue weighted by molar-refractivity contribution is -0.147. The van der Waals surface area contributed by atoms with Crippen LogP contribution >= 0.6 is 23.2 Å². The minimum atomic E-state index is -0.615. The van der Waals surface area contributed by atoms with Gasteiger partial charge in [-0.05, 0) is 43.5 Å². The van der Waals surface area contributed by atoms with Crippen LogP contribution in [-0.4, -0.2) is 53.1 Å². The number of pyridine rings is 1. The number of oxazole rings is 1. The summed E-state index contributed by atoms with van der Waals surface area (Å²) < 4.78 is 11.5. The maximum atomic E-state index is 13.5. The summed E-state index contributed by atoms with van der Waals surface area (Å²) in [4.78, 5) is 26.0. The number of benzene rings is 1. The van der Waals surface area contributed by atoms with Gasteiger partial charge in [0.2, 0.25) is 0 Å². The summed E-state index contributed by atoms with van der Waals surface area (Å²) in [7, 11) is 0. The Morgan fingerprint density at radius 2 is 2.09 bits per heavy atom. The maximum Gasteiger partial charge on any atom is 0.293 e. The summed E-state index contributed by atoms with van der Waals surface area (Å²) in [5.41, 5.74) is 10.5. The fourth-order valence-electron chi connectivity index (χ4n) is 4.67. The van der Waals surface area contributed by atoms with Crippen molar-refractivity contribution in [2.75, 3.05) is 36.9 Å². The lowest BCUT2D eigenvalue weighted by Crippen LogP contribution is -2.53. The molecule has 0 unspecified atom stereocenters. The van der Waals surface area contributed by atoms with Crippen molar-refractivity contribution >= 4 is 51.9 Å². The molecule has 0 bridgehead atoms. The number of nitrogens with zero attached hydrogens (tertiary/aromatic N) is 4. The van der Waals surface area contributed by atoms with Crippen LogP contribution < -0.4 is 10.6 Å². The minimum Gasteiger partial charge on any atom is -0.421 e. The first-order valence-corrected chi connectivity index (χ1v) is 11.3. The van der Waals surface area contributed by atoms with Crippen LogP contribution in [0.2, 0.25) is 10.0 Å². The molecule has 1 fully saturated rings. The number of hydrogen-bond donors (Lipinski definition) is 1. The molecule has 2 aliphatic heterocycles. The first-order chi connectivity index (χ1) is 15.3. The zero-order valence-corrected chi connectivity index (χ0v) is 19.3. The average Bonchev–Trinajstić information content (AvgIpc) is 3.15. The third-order valence-electron chi connectivity index (χ3n) is 6.25. The molecule has 32 heavy (non-hydrogen) atoms. The Morgan fingerprint density at radius 3 is 2.91 bits per heavy atom. The van der Waals surface area contributed by atoms with Crippen molar-refractivity contribution in [3.8, 4) is 0 Å². The van der Waals surface area contributed by atoms with Gasteiger partial charge in [-0.25, -0.2) is 0 Å². The predicted molar refractivity (Wildman–Crippen MR) is 123 cm³/mol. The molecular weight excluding hydrogens is 453 g/mol. The van der Waals surface area contributed by atoms with E-state index in [1.165, 1.54) is 0 Å². The first-order valence-electron chi connectivity index (χ1n) is 10.5. The van der Waals surface area contributed by atoms with E-state index >= 15 is 0 Å². The second-order valence-corrected chi connectivity index (χ2v) is 9.03. The molecule has 2 N–H and O–H groups in total. The van der Waals surface area contributed by atoms with E-state index in [9.17, 15) is 4.79 Å². The summed E-state index contributed by atoms with van der Waals surface area (Å²) in [5, 5.41) is 1.19. The summed E-state index contributed by atoms with van der Waals surface area (Å²) in [6.07, 6.45) is 1.82. The van der Waals surface area contributed by atoms with Gasteiger partial charge in [0.1, 0.15) is 11.2 Å². The standard InChI is InChI=1S/C22H23Cl2N5O3/c1-11-19-20(32-22(25)27-19)16(9-26-11)28-5-6-31-17(10-28)21(30)29-4-3-13-7-14(23)8-15(24)18(13)12(29)2/h7-9,12,17H,3-6,10H2,1-2H3,(H2,25,27)/t12-,17+/m0/s1. The van der Waals surface area contributed by atoms with Crippen LogP contribution in [-0.2, 0) is 16.0 Å². The molecule has 5 rings (SSSR count). The van der Waals surface area contributed by atoms with Crippen LogP contribution in [0.5, 0.6) is 0 Å². The molecule has 2 aliphatic rings. The number of amides is 1. The van der Waals surface area contributed by atoms with Gasteiger partial charge in [0, 0.05) is 23.1 Å². The zero-order valence-electron chi connectivity index (χ0n) is 17.8. The van der Waals surface area contributed by atoms with Crippen molar-refractivity contribution in [2.24, 2.45) is 0 Å². The van der Waals surface area contributed by atoms with Gasteiger partial charge in [-0.15, -0.1) is 0 Å². The van der Waals surface area contributed by atoms with Crippen LogP contribution in [0.25, 0.3) is 11.1 Å². The molecule has 1 amide bonds. The highest BCUT2D eigenvalue weighted by molar-refractivity contribution is 6.35. The number of hydrogen-bond acceptors (Lipinski definition) is 7. The lowest BCUT2D eigenvalue weighted by atomic mass is 9.93. The number of rotatable bonds is 2. The molecule has 4 heterocycles. The molecule has 3 aromatic rings. The molecule has 2 aromatic heterocycles. The highest BCUT2D eigenvalue weighted by Crippen LogP contribution is 2.38. The SMILES string of the molecule is Cc1ncc(N2CCO[C@@H](C(=O)N3CCc4cc(Cl)cc(Cl)c4[C@@H]3C)C2)c2oc(N)nc12. The number of aromatic nitrogens is 2. The topological polar surface area (TPSA) is 97.7 Å². The van der Waals surface area contributed by atoms with E-state index in [0.29, 0.717) is 53.8 Å². The number of nitrogen functional groups attached to an aromatic ring is 1. The van der Waals surface area contributed by atoms with E-state index < -0.39 is 6.10 Å². The van der Waals surface area contributed by atoms with Crippen LogP contribution in [0.1, 0.15) is 29.8 Å². The van der Waals surface area contributed by atoms with Crippen molar-refractivity contribution in [1.29, 1.82) is 0 Å². The Balaban J connectivity index is 1.39. The summed E-state index contributed by atoms with van der Waals surface area (Å²) in [6, 6.07) is 3.58. The van der Waals surface area contributed by atoms with Gasteiger partial charge in [-0.1, -0.05) is 23.2 Å². The maximum absolute atomic E-state index is 13.5. The van der Waals surface area contributed by atoms with E-state index in [1.807, 2.05) is 29.7 Å². The summed E-state index contributed by atoms with van der Waals surface area (Å²) in [6.45, 7) is 5.81. The molecule has 10 heteroatoms. The van der Waals surface area contributed by atoms with Gasteiger partial charge in [0.15, 0.2) is 11.7 Å². The fourth-order valence-corrected chi connectivity index (χ4v) is 5.36. The first kappa shape index (κ1) is 21.3. The minimum absolute atomic E-state index is 0.0627. The van der Waals surface area contributed by atoms with Crippen LogP contribution in [0.15, 0.2) is 22.7 Å². The van der Waals surface area contributed by atoms with Gasteiger partial charge in [0.05, 0.1) is 31.1 Å². The third kappa shape index (κ3) is 3.56. The van der Waals surface area contributed by atoms with Gasteiger partial charge in [0.25, 0.3) is 11.9 Å². The number of morpholine rings is 1. The number of carbonyl (C=O) groups is 1. The van der Waals surface area contributed by atoms with Crippen molar-refractivity contribution in [2.45, 2.75) is 32.4 Å². The van der Waals surface area contributed by atoms with Gasteiger partial charge >= 0.3 is 0 Å². The van der Waals surface area contributed by atoms with Crippen LogP contribution in [0, 0.1) is 6.92 Å². The Hall–Kier alpha value is -2.55. The second kappa shape index (κ2) is 8.10.